The second-order valence-electron chi connectivity index (χ2n) is 7.23. The van der Waals surface area contributed by atoms with Crippen LogP contribution in [0.4, 0.5) is 0 Å². The van der Waals surface area contributed by atoms with Gasteiger partial charge in [0.15, 0.2) is 0 Å². The highest BCUT2D eigenvalue weighted by Crippen LogP contribution is 2.43. The van der Waals surface area contributed by atoms with Gasteiger partial charge in [-0.05, 0) is 35.3 Å². The van der Waals surface area contributed by atoms with E-state index in [1.807, 2.05) is 0 Å². The molecule has 1 aliphatic carbocycles. The number of pyridine rings is 1. The van der Waals surface area contributed by atoms with Crippen LogP contribution in [0.25, 0.3) is 33.2 Å². The molecule has 26 heavy (non-hydrogen) atoms. The van der Waals surface area contributed by atoms with E-state index in [2.05, 4.69) is 85.8 Å². The van der Waals surface area contributed by atoms with Crippen LogP contribution in [-0.2, 0) is 6.42 Å². The summed E-state index contributed by atoms with van der Waals surface area (Å²) in [5.74, 6) is 0.500. The third kappa shape index (κ3) is 2.35. The van der Waals surface area contributed by atoms with Crippen LogP contribution < -0.4 is 0 Å². The van der Waals surface area contributed by atoms with E-state index >= 15 is 0 Å². The largest absolute Gasteiger partial charge is 0.251 e. The molecule has 4 aromatic rings. The maximum atomic E-state index is 5.26. The molecule has 0 aliphatic heterocycles. The van der Waals surface area contributed by atoms with Gasteiger partial charge < -0.3 is 0 Å². The summed E-state index contributed by atoms with van der Waals surface area (Å²) >= 11 is 0. The lowest BCUT2D eigenvalue weighted by Crippen LogP contribution is -2.10. The maximum absolute atomic E-state index is 5.26. The topological polar surface area (TPSA) is 12.9 Å². The van der Waals surface area contributed by atoms with Crippen molar-refractivity contribution < 1.29 is 0 Å². The van der Waals surface area contributed by atoms with Crippen LogP contribution in [0.15, 0.2) is 78.9 Å². The van der Waals surface area contributed by atoms with Gasteiger partial charge in [-0.25, -0.2) is 0 Å². The summed E-state index contributed by atoms with van der Waals surface area (Å²) in [4.78, 5) is 5.26. The molecule has 1 heterocycles. The van der Waals surface area contributed by atoms with E-state index in [-0.39, 0.29) is 0 Å². The summed E-state index contributed by atoms with van der Waals surface area (Å²) in [5, 5.41) is 2.72. The molecule has 0 amide bonds. The standard InChI is InChI=1S/C25H21N/c1-17-15-16-19-13-8-14-21-22(19)24(17)26-25(20-11-6-3-7-12-20)23(21)18-9-4-2-5-10-18/h2-14,17H,15-16H2,1H3. The van der Waals surface area contributed by atoms with Crippen LogP contribution in [-0.4, -0.2) is 4.98 Å². The van der Waals surface area contributed by atoms with Gasteiger partial charge in [0.25, 0.3) is 0 Å². The summed E-state index contributed by atoms with van der Waals surface area (Å²) < 4.78 is 0. The molecule has 1 heteroatoms. The number of benzene rings is 3. The summed E-state index contributed by atoms with van der Waals surface area (Å²) in [6, 6.07) is 28.1. The van der Waals surface area contributed by atoms with Crippen molar-refractivity contribution in [3.05, 3.63) is 90.1 Å². The van der Waals surface area contributed by atoms with Gasteiger partial charge in [-0.1, -0.05) is 85.8 Å². The first-order valence-corrected chi connectivity index (χ1v) is 9.39. The zero-order valence-corrected chi connectivity index (χ0v) is 14.9. The highest BCUT2D eigenvalue weighted by Gasteiger charge is 2.24. The van der Waals surface area contributed by atoms with E-state index in [0.29, 0.717) is 5.92 Å². The highest BCUT2D eigenvalue weighted by molar-refractivity contribution is 6.05. The van der Waals surface area contributed by atoms with Gasteiger partial charge in [-0.2, -0.15) is 0 Å². The van der Waals surface area contributed by atoms with E-state index in [9.17, 15) is 0 Å². The van der Waals surface area contributed by atoms with Crippen LogP contribution in [0.5, 0.6) is 0 Å². The molecule has 0 spiro atoms. The average Bonchev–Trinajstić information content (AvgIpc) is 2.71. The molecule has 0 fully saturated rings. The van der Waals surface area contributed by atoms with Crippen molar-refractivity contribution in [3.63, 3.8) is 0 Å². The predicted molar refractivity (Wildman–Crippen MR) is 109 cm³/mol. The summed E-state index contributed by atoms with van der Waals surface area (Å²) in [6.45, 7) is 2.31. The second kappa shape index (κ2) is 6.10. The molecule has 126 valence electrons. The highest BCUT2D eigenvalue weighted by atomic mass is 14.7. The van der Waals surface area contributed by atoms with Crippen molar-refractivity contribution in [1.82, 2.24) is 4.98 Å². The second-order valence-corrected chi connectivity index (χ2v) is 7.23. The van der Waals surface area contributed by atoms with Crippen LogP contribution >= 0.6 is 0 Å². The Hall–Kier alpha value is -2.93. The molecule has 0 bridgehead atoms. The SMILES string of the molecule is CC1CCc2cccc3c(-c4ccccc4)c(-c4ccccc4)nc1c23. The first kappa shape index (κ1) is 15.3. The zero-order chi connectivity index (χ0) is 17.5. The third-order valence-corrected chi connectivity index (χ3v) is 5.57. The predicted octanol–water partition coefficient (Wildman–Crippen LogP) is 6.62. The smallest absolute Gasteiger partial charge is 0.0790 e. The van der Waals surface area contributed by atoms with Crippen molar-refractivity contribution in [2.45, 2.75) is 25.7 Å². The molecule has 0 saturated heterocycles. The molecule has 3 aromatic carbocycles. The zero-order valence-electron chi connectivity index (χ0n) is 14.9. The van der Waals surface area contributed by atoms with Gasteiger partial charge in [-0.3, -0.25) is 4.98 Å². The molecule has 1 atom stereocenters. The quantitative estimate of drug-likeness (QED) is 0.401. The summed E-state index contributed by atoms with van der Waals surface area (Å²) in [7, 11) is 0. The Morgan fingerprint density at radius 2 is 1.46 bits per heavy atom. The number of hydrogen-bond acceptors (Lipinski definition) is 1. The Balaban J connectivity index is 1.95. The fourth-order valence-electron chi connectivity index (χ4n) is 4.25. The molecule has 5 rings (SSSR count). The van der Waals surface area contributed by atoms with Gasteiger partial charge in [0.2, 0.25) is 0 Å². The number of aryl methyl sites for hydroxylation is 1. The Bertz CT molecular complexity index is 1080. The Morgan fingerprint density at radius 3 is 2.19 bits per heavy atom. The molecule has 1 unspecified atom stereocenters. The van der Waals surface area contributed by atoms with Gasteiger partial charge in [0, 0.05) is 16.5 Å². The monoisotopic (exact) mass is 335 g/mol. The van der Waals surface area contributed by atoms with Crippen molar-refractivity contribution in [3.8, 4) is 22.4 Å². The molecule has 1 nitrogen and oxygen atoms in total. The lowest BCUT2D eigenvalue weighted by molar-refractivity contribution is 0.652. The normalized spacial score (nSPS) is 16.0. The average molecular weight is 335 g/mol. The van der Waals surface area contributed by atoms with Crippen LogP contribution in [0.3, 0.4) is 0 Å². The molecule has 1 aliphatic rings. The van der Waals surface area contributed by atoms with Gasteiger partial charge in [0.1, 0.15) is 0 Å². The van der Waals surface area contributed by atoms with Crippen molar-refractivity contribution in [2.75, 3.05) is 0 Å². The Labute approximate surface area is 154 Å². The van der Waals surface area contributed by atoms with Crippen LogP contribution in [0, 0.1) is 0 Å². The molecule has 0 radical (unpaired) electrons. The first-order chi connectivity index (χ1) is 12.8. The molecule has 0 saturated carbocycles. The molecule has 1 aromatic heterocycles. The first-order valence-electron chi connectivity index (χ1n) is 9.39. The van der Waals surface area contributed by atoms with Crippen molar-refractivity contribution in [2.24, 2.45) is 0 Å². The fraction of sp³-hybridized carbons (Fsp3) is 0.160. The molecular formula is C25H21N. The van der Waals surface area contributed by atoms with E-state index in [1.54, 1.807) is 0 Å². The van der Waals surface area contributed by atoms with Gasteiger partial charge in [-0.15, -0.1) is 0 Å². The van der Waals surface area contributed by atoms with Crippen LogP contribution in [0.2, 0.25) is 0 Å². The summed E-state index contributed by atoms with van der Waals surface area (Å²) in [5.41, 5.74) is 7.49. The number of rotatable bonds is 2. The number of nitrogens with zero attached hydrogens (tertiary/aromatic N) is 1. The van der Waals surface area contributed by atoms with Gasteiger partial charge >= 0.3 is 0 Å². The minimum absolute atomic E-state index is 0.500. The minimum Gasteiger partial charge on any atom is -0.251 e. The maximum Gasteiger partial charge on any atom is 0.0790 e. The minimum atomic E-state index is 0.500. The molecular weight excluding hydrogens is 314 g/mol. The van der Waals surface area contributed by atoms with Gasteiger partial charge in [0.05, 0.1) is 11.4 Å². The number of hydrogen-bond donors (Lipinski definition) is 0. The Kier molecular flexibility index (Phi) is 3.60. The fourth-order valence-corrected chi connectivity index (χ4v) is 4.25. The van der Waals surface area contributed by atoms with E-state index in [4.69, 9.17) is 4.98 Å². The Morgan fingerprint density at radius 1 is 0.769 bits per heavy atom. The van der Waals surface area contributed by atoms with E-state index in [1.165, 1.54) is 45.1 Å². The lowest BCUT2D eigenvalue weighted by Gasteiger charge is -2.25. The van der Waals surface area contributed by atoms with Crippen molar-refractivity contribution >= 4 is 10.8 Å². The van der Waals surface area contributed by atoms with E-state index in [0.717, 1.165) is 12.1 Å². The third-order valence-electron chi connectivity index (χ3n) is 5.57. The number of aromatic nitrogens is 1. The van der Waals surface area contributed by atoms with E-state index < -0.39 is 0 Å². The van der Waals surface area contributed by atoms with Crippen molar-refractivity contribution in [1.29, 1.82) is 0 Å². The van der Waals surface area contributed by atoms with Crippen LogP contribution in [0.1, 0.15) is 30.5 Å². The lowest BCUT2D eigenvalue weighted by atomic mass is 9.82. The molecule has 0 N–H and O–H groups in total. The summed E-state index contributed by atoms with van der Waals surface area (Å²) in [6.07, 6.45) is 2.32.